The van der Waals surface area contributed by atoms with Gasteiger partial charge in [-0.1, -0.05) is 42.5 Å². The van der Waals surface area contributed by atoms with Crippen molar-refractivity contribution in [1.82, 2.24) is 5.32 Å². The largest absolute Gasteiger partial charge is 0.478 e. The van der Waals surface area contributed by atoms with Crippen LogP contribution in [0.1, 0.15) is 28.4 Å². The molecule has 0 saturated carbocycles. The van der Waals surface area contributed by atoms with Crippen molar-refractivity contribution in [3.63, 3.8) is 0 Å². The Morgan fingerprint density at radius 2 is 1.64 bits per heavy atom. The van der Waals surface area contributed by atoms with Crippen LogP contribution in [0.15, 0.2) is 54.6 Å². The third-order valence-corrected chi connectivity index (χ3v) is 3.51. The maximum absolute atomic E-state index is 11.8. The molecule has 6 nitrogen and oxygen atoms in total. The van der Waals surface area contributed by atoms with Gasteiger partial charge < -0.3 is 15.2 Å². The lowest BCUT2D eigenvalue weighted by Crippen LogP contribution is -2.34. The van der Waals surface area contributed by atoms with Gasteiger partial charge in [-0.25, -0.2) is 9.59 Å². The van der Waals surface area contributed by atoms with Gasteiger partial charge >= 0.3 is 17.8 Å². The zero-order chi connectivity index (χ0) is 18.2. The molecule has 0 fully saturated rings. The molecule has 0 aliphatic rings. The predicted octanol–water partition coefficient (Wildman–Crippen LogP) is 2.18. The number of aromatic carboxylic acids is 1. The second-order valence-electron chi connectivity index (χ2n) is 5.59. The number of esters is 1. The molecule has 2 aromatic rings. The molecule has 6 heteroatoms. The lowest BCUT2D eigenvalue weighted by atomic mass is 10.1. The van der Waals surface area contributed by atoms with Crippen molar-refractivity contribution >= 4 is 17.8 Å². The summed E-state index contributed by atoms with van der Waals surface area (Å²) >= 11 is 0. The van der Waals surface area contributed by atoms with Gasteiger partial charge in [-0.2, -0.15) is 0 Å². The van der Waals surface area contributed by atoms with Crippen molar-refractivity contribution in [3.8, 4) is 0 Å². The first-order chi connectivity index (χ1) is 12.0. The summed E-state index contributed by atoms with van der Waals surface area (Å²) in [6.45, 7) is 1.84. The van der Waals surface area contributed by atoms with Crippen LogP contribution in [0.4, 0.5) is 0 Å². The van der Waals surface area contributed by atoms with Gasteiger partial charge in [0, 0.05) is 13.0 Å². The molecule has 1 unspecified atom stereocenters. The normalized spacial score (nSPS) is 11.4. The van der Waals surface area contributed by atoms with Crippen LogP contribution in [0.3, 0.4) is 0 Å². The van der Waals surface area contributed by atoms with Gasteiger partial charge in [0.1, 0.15) is 6.10 Å². The number of carboxylic acids is 1. The summed E-state index contributed by atoms with van der Waals surface area (Å²) < 4.78 is 5.13. The molecule has 130 valence electrons. The molecule has 25 heavy (non-hydrogen) atoms. The van der Waals surface area contributed by atoms with Gasteiger partial charge in [-0.05, 0) is 30.2 Å². The summed E-state index contributed by atoms with van der Waals surface area (Å²) in [4.78, 5) is 34.4. The Hall–Kier alpha value is -3.15. The van der Waals surface area contributed by atoms with Crippen LogP contribution < -0.4 is 5.32 Å². The summed E-state index contributed by atoms with van der Waals surface area (Å²) in [6.07, 6.45) is 0.103. The van der Waals surface area contributed by atoms with E-state index in [9.17, 15) is 14.4 Å². The first-order valence-electron chi connectivity index (χ1n) is 7.80. The number of carboxylic acid groups (broad SMARTS) is 1. The molecule has 1 amide bonds. The van der Waals surface area contributed by atoms with E-state index in [1.165, 1.54) is 12.1 Å². The monoisotopic (exact) mass is 341 g/mol. The van der Waals surface area contributed by atoms with E-state index in [-0.39, 0.29) is 12.1 Å². The maximum Gasteiger partial charge on any atom is 0.397 e. The number of carbonyl (C=O) groups excluding carboxylic acids is 2. The van der Waals surface area contributed by atoms with Crippen LogP contribution in [0.25, 0.3) is 0 Å². The van der Waals surface area contributed by atoms with E-state index in [1.807, 2.05) is 30.3 Å². The lowest BCUT2D eigenvalue weighted by molar-refractivity contribution is -0.158. The van der Waals surface area contributed by atoms with E-state index in [0.29, 0.717) is 12.0 Å². The molecule has 1 atom stereocenters. The highest BCUT2D eigenvalue weighted by Gasteiger charge is 2.18. The smallest absolute Gasteiger partial charge is 0.397 e. The van der Waals surface area contributed by atoms with Crippen molar-refractivity contribution in [2.75, 3.05) is 0 Å². The number of nitrogens with one attached hydrogen (secondary N) is 1. The average Bonchev–Trinajstić information content (AvgIpc) is 2.60. The highest BCUT2D eigenvalue weighted by Crippen LogP contribution is 2.06. The molecule has 0 saturated heterocycles. The van der Waals surface area contributed by atoms with Crippen LogP contribution in [0.5, 0.6) is 0 Å². The Kier molecular flexibility index (Phi) is 6.28. The fourth-order valence-electron chi connectivity index (χ4n) is 2.24. The van der Waals surface area contributed by atoms with Gasteiger partial charge in [0.2, 0.25) is 0 Å². The molecule has 0 aliphatic carbocycles. The Labute approximate surface area is 145 Å². The molecule has 0 radical (unpaired) electrons. The SMILES string of the molecule is CC(Cc1ccccc1)OC(=O)C(=O)NCc1ccc(C(=O)O)cc1. The van der Waals surface area contributed by atoms with Crippen molar-refractivity contribution < 1.29 is 24.2 Å². The summed E-state index contributed by atoms with van der Waals surface area (Å²) in [5.41, 5.74) is 1.86. The second kappa shape index (κ2) is 8.63. The Balaban J connectivity index is 1.79. The van der Waals surface area contributed by atoms with Gasteiger partial charge in [-0.3, -0.25) is 4.79 Å². The molecule has 0 aromatic heterocycles. The average molecular weight is 341 g/mol. The maximum atomic E-state index is 11.8. The molecule has 0 aliphatic heterocycles. The van der Waals surface area contributed by atoms with Crippen molar-refractivity contribution in [3.05, 3.63) is 71.3 Å². The standard InChI is InChI=1S/C19H19NO5/c1-13(11-14-5-3-2-4-6-14)25-19(24)17(21)20-12-15-7-9-16(10-8-15)18(22)23/h2-10,13H,11-12H2,1H3,(H,20,21)(H,22,23). The highest BCUT2D eigenvalue weighted by molar-refractivity contribution is 6.32. The van der Waals surface area contributed by atoms with Gasteiger partial charge in [-0.15, -0.1) is 0 Å². The number of hydrogen-bond acceptors (Lipinski definition) is 4. The Morgan fingerprint density at radius 1 is 1.00 bits per heavy atom. The number of benzene rings is 2. The number of carbonyl (C=O) groups is 3. The molecule has 0 spiro atoms. The molecular formula is C19H19NO5. The van der Waals surface area contributed by atoms with Gasteiger partial charge in [0.25, 0.3) is 0 Å². The zero-order valence-corrected chi connectivity index (χ0v) is 13.8. The highest BCUT2D eigenvalue weighted by atomic mass is 16.5. The molecular weight excluding hydrogens is 322 g/mol. The van der Waals surface area contributed by atoms with E-state index in [2.05, 4.69) is 5.32 Å². The number of amides is 1. The van der Waals surface area contributed by atoms with Crippen LogP contribution in [-0.4, -0.2) is 29.1 Å². The van der Waals surface area contributed by atoms with Gasteiger partial charge in [0.15, 0.2) is 0 Å². The van der Waals surface area contributed by atoms with E-state index in [4.69, 9.17) is 9.84 Å². The minimum atomic E-state index is -1.02. The van der Waals surface area contributed by atoms with Gasteiger partial charge in [0.05, 0.1) is 5.56 Å². The predicted molar refractivity (Wildman–Crippen MR) is 90.9 cm³/mol. The Bertz CT molecular complexity index is 740. The van der Waals surface area contributed by atoms with E-state index in [1.54, 1.807) is 19.1 Å². The minimum Gasteiger partial charge on any atom is -0.478 e. The molecule has 2 aromatic carbocycles. The molecule has 2 N–H and O–H groups in total. The lowest BCUT2D eigenvalue weighted by Gasteiger charge is -2.13. The fraction of sp³-hybridized carbons (Fsp3) is 0.211. The van der Waals surface area contributed by atoms with E-state index in [0.717, 1.165) is 5.56 Å². The summed E-state index contributed by atoms with van der Waals surface area (Å²) in [5.74, 6) is -2.79. The number of ether oxygens (including phenoxy) is 1. The van der Waals surface area contributed by atoms with Crippen molar-refractivity contribution in [1.29, 1.82) is 0 Å². The first kappa shape index (κ1) is 18.2. The number of rotatable bonds is 6. The van der Waals surface area contributed by atoms with E-state index >= 15 is 0 Å². The van der Waals surface area contributed by atoms with E-state index < -0.39 is 23.9 Å². The first-order valence-corrected chi connectivity index (χ1v) is 7.80. The topological polar surface area (TPSA) is 92.7 Å². The summed E-state index contributed by atoms with van der Waals surface area (Å²) in [5, 5.41) is 11.3. The second-order valence-corrected chi connectivity index (χ2v) is 5.59. The summed E-state index contributed by atoms with van der Waals surface area (Å²) in [7, 11) is 0. The molecule has 2 rings (SSSR count). The fourth-order valence-corrected chi connectivity index (χ4v) is 2.24. The zero-order valence-electron chi connectivity index (χ0n) is 13.8. The van der Waals surface area contributed by atoms with Crippen molar-refractivity contribution in [2.24, 2.45) is 0 Å². The van der Waals surface area contributed by atoms with Crippen LogP contribution in [-0.2, 0) is 27.3 Å². The number of hydrogen-bond donors (Lipinski definition) is 2. The van der Waals surface area contributed by atoms with Crippen molar-refractivity contribution in [2.45, 2.75) is 26.0 Å². The quantitative estimate of drug-likeness (QED) is 0.620. The molecule has 0 heterocycles. The van der Waals surface area contributed by atoms with Crippen LogP contribution in [0, 0.1) is 0 Å². The summed E-state index contributed by atoms with van der Waals surface area (Å²) in [6, 6.07) is 15.6. The third kappa shape index (κ3) is 5.76. The minimum absolute atomic E-state index is 0.112. The third-order valence-electron chi connectivity index (χ3n) is 3.51. The van der Waals surface area contributed by atoms with Crippen LogP contribution >= 0.6 is 0 Å². The van der Waals surface area contributed by atoms with Crippen LogP contribution in [0.2, 0.25) is 0 Å². The Morgan fingerprint density at radius 3 is 2.24 bits per heavy atom. The molecule has 0 bridgehead atoms.